The second-order valence-electron chi connectivity index (χ2n) is 13.9. The number of hydrogen-bond acceptors (Lipinski definition) is 7. The van der Waals surface area contributed by atoms with Crippen LogP contribution >= 0.6 is 0 Å². The van der Waals surface area contributed by atoms with Gasteiger partial charge in [0.15, 0.2) is 5.78 Å². The molecule has 0 amide bonds. The van der Waals surface area contributed by atoms with E-state index in [-0.39, 0.29) is 19.0 Å². The molecule has 0 aromatic carbocycles. The van der Waals surface area contributed by atoms with Crippen LogP contribution in [0.25, 0.3) is 0 Å². The molecule has 0 aliphatic heterocycles. The number of fused-ring (bicyclic) bond motifs is 3. The Hall–Kier alpha value is -3.03. The van der Waals surface area contributed by atoms with Crippen molar-refractivity contribution in [3.63, 3.8) is 0 Å². The number of rotatable bonds is 18. The number of unbranched alkanes of at least 4 members (excludes halogenated alkanes) is 8. The zero-order valence-electron chi connectivity index (χ0n) is 29.4. The van der Waals surface area contributed by atoms with Gasteiger partial charge in [0.1, 0.15) is 18.0 Å². The predicted molar refractivity (Wildman–Crippen MR) is 186 cm³/mol. The molecule has 0 aromatic heterocycles. The van der Waals surface area contributed by atoms with Crippen molar-refractivity contribution in [2.75, 3.05) is 6.61 Å². The Morgan fingerprint density at radius 3 is 2.23 bits per heavy atom. The highest BCUT2D eigenvalue weighted by Gasteiger charge is 2.64. The van der Waals surface area contributed by atoms with E-state index in [1.807, 2.05) is 6.08 Å². The molecule has 2 N–H and O–H groups in total. The summed E-state index contributed by atoms with van der Waals surface area (Å²) in [5.74, 6) is -3.60. The Morgan fingerprint density at radius 1 is 0.957 bits per heavy atom. The van der Waals surface area contributed by atoms with Gasteiger partial charge in [0.05, 0.1) is 5.60 Å². The van der Waals surface area contributed by atoms with Gasteiger partial charge < -0.3 is 19.7 Å². The number of carbonyl (C=O) groups excluding carboxylic acids is 3. The maximum atomic E-state index is 13.3. The van der Waals surface area contributed by atoms with Crippen LogP contribution in [0, 0.1) is 23.7 Å². The fourth-order valence-corrected chi connectivity index (χ4v) is 7.50. The van der Waals surface area contributed by atoms with Gasteiger partial charge in [-0.1, -0.05) is 94.6 Å². The first-order valence-corrected chi connectivity index (χ1v) is 17.7. The van der Waals surface area contributed by atoms with Crippen molar-refractivity contribution in [3.8, 4) is 0 Å². The van der Waals surface area contributed by atoms with Gasteiger partial charge in [0, 0.05) is 43.4 Å². The fourth-order valence-electron chi connectivity index (χ4n) is 7.50. The number of Topliss-reactive ketones (excluding diaryl/α,β-unsaturated/α-hetero) is 1. The van der Waals surface area contributed by atoms with E-state index in [2.05, 4.69) is 37.8 Å². The molecule has 0 fully saturated rings. The Morgan fingerprint density at radius 2 is 1.60 bits per heavy atom. The Labute approximate surface area is 282 Å². The summed E-state index contributed by atoms with van der Waals surface area (Å²) >= 11 is 0. The number of allylic oxidation sites excluding steroid dienone is 5. The first-order chi connectivity index (χ1) is 22.4. The van der Waals surface area contributed by atoms with E-state index in [1.54, 1.807) is 32.9 Å². The van der Waals surface area contributed by atoms with Gasteiger partial charge in [-0.05, 0) is 69.6 Å². The minimum Gasteiger partial charge on any atom is -0.461 e. The van der Waals surface area contributed by atoms with Crippen LogP contribution in [-0.4, -0.2) is 45.7 Å². The number of hydrogen-bond donors (Lipinski definition) is 2. The van der Waals surface area contributed by atoms with Crippen molar-refractivity contribution < 1.29 is 34.1 Å². The molecule has 0 radical (unpaired) electrons. The van der Waals surface area contributed by atoms with E-state index in [0.29, 0.717) is 28.9 Å². The summed E-state index contributed by atoms with van der Waals surface area (Å²) < 4.78 is 11.3. The molecule has 7 nitrogen and oxygen atoms in total. The minimum absolute atomic E-state index is 0.0708. The monoisotopic (exact) mass is 650 g/mol. The van der Waals surface area contributed by atoms with E-state index in [1.165, 1.54) is 32.6 Å². The molecular formula is C40H58O7. The topological polar surface area (TPSA) is 110 Å². The van der Waals surface area contributed by atoms with Crippen LogP contribution in [0.1, 0.15) is 118 Å². The number of ether oxygens (including phenoxy) is 2. The first kappa shape index (κ1) is 38.4. The summed E-state index contributed by atoms with van der Waals surface area (Å²) in [7, 11) is 0. The van der Waals surface area contributed by atoms with E-state index in [4.69, 9.17) is 9.47 Å². The van der Waals surface area contributed by atoms with E-state index in [0.717, 1.165) is 44.9 Å². The zero-order valence-corrected chi connectivity index (χ0v) is 29.4. The molecule has 7 heteroatoms. The molecule has 0 aromatic rings. The highest BCUT2D eigenvalue weighted by molar-refractivity contribution is 6.04. The van der Waals surface area contributed by atoms with Crippen molar-refractivity contribution in [2.24, 2.45) is 23.7 Å². The van der Waals surface area contributed by atoms with Gasteiger partial charge in [-0.15, -0.1) is 0 Å². The molecule has 6 atom stereocenters. The first-order valence-electron chi connectivity index (χ1n) is 17.7. The third-order valence-corrected chi connectivity index (χ3v) is 9.98. The number of ketones is 1. The van der Waals surface area contributed by atoms with Crippen molar-refractivity contribution in [1.29, 1.82) is 0 Å². The molecule has 0 bridgehead atoms. The quantitative estimate of drug-likeness (QED) is 0.0874. The lowest BCUT2D eigenvalue weighted by Gasteiger charge is -2.50. The van der Waals surface area contributed by atoms with Gasteiger partial charge in [-0.3, -0.25) is 14.4 Å². The molecule has 0 saturated carbocycles. The highest BCUT2D eigenvalue weighted by atomic mass is 16.5. The average Bonchev–Trinajstić information content (AvgIpc) is 3.17. The summed E-state index contributed by atoms with van der Waals surface area (Å²) in [6, 6.07) is 0. The van der Waals surface area contributed by atoms with E-state index in [9.17, 15) is 24.6 Å². The Balaban J connectivity index is 1.56. The fraction of sp³-hybridized carbons (Fsp3) is 0.625. The molecule has 3 aliphatic carbocycles. The summed E-state index contributed by atoms with van der Waals surface area (Å²) in [5.41, 5.74) is -1.87. The normalized spacial score (nSPS) is 28.7. The van der Waals surface area contributed by atoms with E-state index >= 15 is 0 Å². The lowest BCUT2D eigenvalue weighted by atomic mass is 9.58. The van der Waals surface area contributed by atoms with Crippen LogP contribution in [0.3, 0.4) is 0 Å². The maximum absolute atomic E-state index is 13.3. The molecule has 3 rings (SSSR count). The lowest BCUT2D eigenvalue weighted by molar-refractivity contribution is -0.163. The van der Waals surface area contributed by atoms with Crippen LogP contribution in [0.4, 0.5) is 0 Å². The number of carbonyl (C=O) groups is 3. The summed E-state index contributed by atoms with van der Waals surface area (Å²) in [4.78, 5) is 38.1. The largest absolute Gasteiger partial charge is 0.461 e. The highest BCUT2D eigenvalue weighted by Crippen LogP contribution is 2.56. The van der Waals surface area contributed by atoms with Crippen LogP contribution in [0.5, 0.6) is 0 Å². The van der Waals surface area contributed by atoms with Gasteiger partial charge in [0.25, 0.3) is 0 Å². The molecule has 47 heavy (non-hydrogen) atoms. The lowest BCUT2D eigenvalue weighted by Crippen LogP contribution is -2.60. The summed E-state index contributed by atoms with van der Waals surface area (Å²) in [6.07, 6.45) is 26.5. The SMILES string of the molecule is C=C(C)[C@@H]1C(OC(C)=O)=C[C@@H](C)[C@@]2(O)[C@H]1C=C(COC(=O)CCCCCCC/C=C\C/C=C\CCCCC)C[C@]1(O)C(=O)C(C)=C[C@@H]21. The average molecular weight is 651 g/mol. The molecule has 0 spiro atoms. The smallest absolute Gasteiger partial charge is 0.307 e. The third-order valence-electron chi connectivity index (χ3n) is 9.98. The maximum Gasteiger partial charge on any atom is 0.307 e. The number of esters is 2. The van der Waals surface area contributed by atoms with E-state index < -0.39 is 46.6 Å². The summed E-state index contributed by atoms with van der Waals surface area (Å²) in [6.45, 7) is 12.8. The van der Waals surface area contributed by atoms with Crippen molar-refractivity contribution in [3.05, 3.63) is 71.6 Å². The summed E-state index contributed by atoms with van der Waals surface area (Å²) in [5, 5.41) is 24.3. The van der Waals surface area contributed by atoms with Crippen LogP contribution in [0.2, 0.25) is 0 Å². The third kappa shape index (κ3) is 9.76. The van der Waals surface area contributed by atoms with Gasteiger partial charge >= 0.3 is 11.9 Å². The predicted octanol–water partition coefficient (Wildman–Crippen LogP) is 8.19. The Kier molecular flexibility index (Phi) is 14.7. The molecule has 260 valence electrons. The van der Waals surface area contributed by atoms with Gasteiger partial charge in [-0.2, -0.15) is 0 Å². The van der Waals surface area contributed by atoms with Crippen molar-refractivity contribution >= 4 is 17.7 Å². The minimum atomic E-state index is -1.88. The zero-order chi connectivity index (χ0) is 34.6. The van der Waals surface area contributed by atoms with Crippen molar-refractivity contribution in [2.45, 2.75) is 129 Å². The molecule has 0 unspecified atom stereocenters. The van der Waals surface area contributed by atoms with Crippen LogP contribution in [-0.2, 0) is 23.9 Å². The molecule has 3 aliphatic rings. The second-order valence-corrected chi connectivity index (χ2v) is 13.9. The van der Waals surface area contributed by atoms with Crippen LogP contribution in [0.15, 0.2) is 71.6 Å². The molecule has 0 heterocycles. The molecular weight excluding hydrogens is 592 g/mol. The van der Waals surface area contributed by atoms with Gasteiger partial charge in [-0.25, -0.2) is 0 Å². The van der Waals surface area contributed by atoms with Gasteiger partial charge in [0.2, 0.25) is 0 Å². The van der Waals surface area contributed by atoms with Crippen LogP contribution < -0.4 is 0 Å². The second kappa shape index (κ2) is 17.9. The Bertz CT molecular complexity index is 1280. The number of aliphatic hydroxyl groups is 2. The van der Waals surface area contributed by atoms with Crippen molar-refractivity contribution in [1.82, 2.24) is 0 Å². The molecule has 0 saturated heterocycles. The standard InChI is InChI=1S/C40H58O7/c1-7-8-9-10-11-12-13-14-15-16-17-18-19-20-21-22-36(42)46-27-32-25-33-37(28(2)3)34(47-31(6)41)24-30(5)40(33,45)35-23-29(4)38(43)39(35,44)26-32/h11-12,14-15,23-25,30,33,35,37,44-45H,2,7-10,13,16-22,26-27H2,1,3-6H3/b12-11-,15-14-/t30-,33+,35-,37+,39-,40-/m1/s1.